The van der Waals surface area contributed by atoms with Crippen LogP contribution in [-0.2, 0) is 10.0 Å². The number of sulfonamides is 1. The summed E-state index contributed by atoms with van der Waals surface area (Å²) in [7, 11) is -3.70. The van der Waals surface area contributed by atoms with E-state index in [0.717, 1.165) is 6.26 Å². The number of fused-ring (bicyclic) bond motifs is 1. The van der Waals surface area contributed by atoms with Crippen molar-refractivity contribution in [2.75, 3.05) is 6.26 Å². The van der Waals surface area contributed by atoms with E-state index in [1.165, 1.54) is 19.1 Å². The van der Waals surface area contributed by atoms with Gasteiger partial charge in [0.25, 0.3) is 5.91 Å². The Bertz CT molecular complexity index is 614. The van der Waals surface area contributed by atoms with Crippen LogP contribution in [-0.4, -0.2) is 24.9 Å². The summed E-state index contributed by atoms with van der Waals surface area (Å²) < 4.78 is 37.8. The highest BCUT2D eigenvalue weighted by Crippen LogP contribution is 2.38. The number of carbonyl (C=O) groups excluding carboxylic acids is 1. The Balaban J connectivity index is 2.69. The maximum atomic E-state index is 13.7. The van der Waals surface area contributed by atoms with Crippen LogP contribution in [0.4, 0.5) is 4.39 Å². The molecule has 1 amide bonds. The number of nitrogens with zero attached hydrogens (tertiary/aromatic N) is 1. The number of hydrogen-bond acceptors (Lipinski definition) is 3. The van der Waals surface area contributed by atoms with Crippen LogP contribution in [0.2, 0.25) is 0 Å². The number of amides is 1. The van der Waals surface area contributed by atoms with E-state index in [1.54, 1.807) is 0 Å². The van der Waals surface area contributed by atoms with Gasteiger partial charge < -0.3 is 0 Å². The molecule has 1 aromatic carbocycles. The van der Waals surface area contributed by atoms with E-state index in [0.29, 0.717) is 8.78 Å². The lowest BCUT2D eigenvalue weighted by molar-refractivity contribution is 0.0860. The summed E-state index contributed by atoms with van der Waals surface area (Å²) in [6.07, 6.45) is 0.931. The van der Waals surface area contributed by atoms with Gasteiger partial charge in [-0.3, -0.25) is 4.79 Å². The molecule has 17 heavy (non-hydrogen) atoms. The first-order valence-electron chi connectivity index (χ1n) is 4.76. The van der Waals surface area contributed by atoms with Gasteiger partial charge in [0, 0.05) is 15.6 Å². The van der Waals surface area contributed by atoms with E-state index in [2.05, 4.69) is 15.9 Å². The fraction of sp³-hybridized carbons (Fsp3) is 0.300. The minimum Gasteiger partial charge on any atom is -0.268 e. The molecule has 0 N–H and O–H groups in total. The first-order chi connectivity index (χ1) is 7.73. The van der Waals surface area contributed by atoms with Crippen molar-refractivity contribution in [1.29, 1.82) is 0 Å². The third kappa shape index (κ3) is 1.87. The minimum atomic E-state index is -3.70. The zero-order chi connectivity index (χ0) is 13.0. The molecule has 0 spiro atoms. The molecule has 0 saturated carbocycles. The van der Waals surface area contributed by atoms with Crippen molar-refractivity contribution >= 4 is 31.9 Å². The van der Waals surface area contributed by atoms with E-state index in [4.69, 9.17) is 0 Å². The van der Waals surface area contributed by atoms with Gasteiger partial charge in [-0.1, -0.05) is 15.9 Å². The summed E-state index contributed by atoms with van der Waals surface area (Å²) in [5, 5.41) is 0. The second-order valence-corrected chi connectivity index (χ2v) is 6.66. The Morgan fingerprint density at radius 3 is 2.53 bits per heavy atom. The van der Waals surface area contributed by atoms with Crippen molar-refractivity contribution in [2.45, 2.75) is 13.0 Å². The van der Waals surface area contributed by atoms with Crippen LogP contribution in [0.1, 0.15) is 28.9 Å². The molecular formula is C10H9BrFNO3S. The summed E-state index contributed by atoms with van der Waals surface area (Å²) in [5.74, 6) is -1.27. The normalized spacial score (nSPS) is 19.6. The first-order valence-corrected chi connectivity index (χ1v) is 7.40. The van der Waals surface area contributed by atoms with E-state index < -0.39 is 27.8 Å². The molecule has 1 heterocycles. The molecule has 1 unspecified atom stereocenters. The second-order valence-electron chi connectivity index (χ2n) is 3.89. The van der Waals surface area contributed by atoms with Crippen LogP contribution < -0.4 is 0 Å². The highest BCUT2D eigenvalue weighted by Gasteiger charge is 2.41. The summed E-state index contributed by atoms with van der Waals surface area (Å²) in [4.78, 5) is 11.9. The first kappa shape index (κ1) is 12.5. The molecule has 92 valence electrons. The molecule has 1 aliphatic heterocycles. The SMILES string of the molecule is CC1c2c(F)cc(Br)cc2C(=O)N1S(C)(=O)=O. The van der Waals surface area contributed by atoms with Crippen molar-refractivity contribution in [2.24, 2.45) is 0 Å². The largest absolute Gasteiger partial charge is 0.268 e. The van der Waals surface area contributed by atoms with E-state index in [-0.39, 0.29) is 11.1 Å². The number of halogens is 2. The van der Waals surface area contributed by atoms with E-state index in [9.17, 15) is 17.6 Å². The average Bonchev–Trinajstić information content (AvgIpc) is 2.37. The van der Waals surface area contributed by atoms with Gasteiger partial charge in [-0.15, -0.1) is 0 Å². The lowest BCUT2D eigenvalue weighted by Gasteiger charge is -2.18. The van der Waals surface area contributed by atoms with Crippen LogP contribution in [0.15, 0.2) is 16.6 Å². The second kappa shape index (κ2) is 3.78. The lowest BCUT2D eigenvalue weighted by Crippen LogP contribution is -2.32. The van der Waals surface area contributed by atoms with Gasteiger partial charge in [0.05, 0.1) is 12.3 Å². The third-order valence-electron chi connectivity index (χ3n) is 2.65. The minimum absolute atomic E-state index is 0.0924. The maximum absolute atomic E-state index is 13.7. The van der Waals surface area contributed by atoms with Gasteiger partial charge in [0.1, 0.15) is 5.82 Å². The summed E-state index contributed by atoms with van der Waals surface area (Å²) in [6, 6.07) is 1.84. The van der Waals surface area contributed by atoms with Crippen LogP contribution in [0.25, 0.3) is 0 Å². The van der Waals surface area contributed by atoms with Crippen LogP contribution >= 0.6 is 15.9 Å². The van der Waals surface area contributed by atoms with Gasteiger partial charge in [0.15, 0.2) is 0 Å². The van der Waals surface area contributed by atoms with Gasteiger partial charge >= 0.3 is 0 Å². The van der Waals surface area contributed by atoms with Crippen molar-refractivity contribution < 1.29 is 17.6 Å². The Morgan fingerprint density at radius 2 is 2.00 bits per heavy atom. The van der Waals surface area contributed by atoms with Crippen molar-refractivity contribution in [3.63, 3.8) is 0 Å². The molecule has 0 radical (unpaired) electrons. The molecular weight excluding hydrogens is 313 g/mol. The Kier molecular flexibility index (Phi) is 2.78. The smallest absolute Gasteiger partial charge is 0.268 e. The maximum Gasteiger partial charge on any atom is 0.268 e. The van der Waals surface area contributed by atoms with Gasteiger partial charge in [0.2, 0.25) is 10.0 Å². The summed E-state index contributed by atoms with van der Waals surface area (Å²) in [5.41, 5.74) is 0.221. The molecule has 1 aliphatic rings. The van der Waals surface area contributed by atoms with E-state index in [1.807, 2.05) is 0 Å². The molecule has 1 aromatic rings. The predicted molar refractivity (Wildman–Crippen MR) is 63.5 cm³/mol. The lowest BCUT2D eigenvalue weighted by atomic mass is 10.1. The number of benzene rings is 1. The van der Waals surface area contributed by atoms with Gasteiger partial charge in [-0.2, -0.15) is 0 Å². The van der Waals surface area contributed by atoms with Crippen LogP contribution in [0, 0.1) is 5.82 Å². The molecule has 2 rings (SSSR count). The zero-order valence-corrected chi connectivity index (χ0v) is 11.5. The monoisotopic (exact) mass is 321 g/mol. The van der Waals surface area contributed by atoms with Gasteiger partial charge in [-0.05, 0) is 19.1 Å². The van der Waals surface area contributed by atoms with Gasteiger partial charge in [-0.25, -0.2) is 17.1 Å². The van der Waals surface area contributed by atoms with Crippen LogP contribution in [0.5, 0.6) is 0 Å². The van der Waals surface area contributed by atoms with Crippen molar-refractivity contribution in [1.82, 2.24) is 4.31 Å². The Morgan fingerprint density at radius 1 is 1.41 bits per heavy atom. The fourth-order valence-corrected chi connectivity index (χ4v) is 3.55. The topological polar surface area (TPSA) is 54.5 Å². The molecule has 4 nitrogen and oxygen atoms in total. The quantitative estimate of drug-likeness (QED) is 0.795. The molecule has 0 aromatic heterocycles. The Hall–Kier alpha value is -0.950. The zero-order valence-electron chi connectivity index (χ0n) is 9.07. The molecule has 0 fully saturated rings. The molecule has 7 heteroatoms. The summed E-state index contributed by atoms with van der Waals surface area (Å²) in [6.45, 7) is 1.49. The highest BCUT2D eigenvalue weighted by molar-refractivity contribution is 9.10. The molecule has 0 aliphatic carbocycles. The molecule has 0 saturated heterocycles. The third-order valence-corrected chi connectivity index (χ3v) is 4.31. The van der Waals surface area contributed by atoms with E-state index >= 15 is 0 Å². The fourth-order valence-electron chi connectivity index (χ4n) is 2.04. The number of rotatable bonds is 1. The standard InChI is InChI=1S/C10H9BrFNO3S/c1-5-9-7(3-6(11)4-8(9)12)10(14)13(5)17(2,15)16/h3-5H,1-2H3. The molecule has 1 atom stereocenters. The molecule has 0 bridgehead atoms. The van der Waals surface area contributed by atoms with Crippen LogP contribution in [0.3, 0.4) is 0 Å². The highest BCUT2D eigenvalue weighted by atomic mass is 79.9. The summed E-state index contributed by atoms with van der Waals surface area (Å²) >= 11 is 3.07. The van der Waals surface area contributed by atoms with Crippen molar-refractivity contribution in [3.8, 4) is 0 Å². The predicted octanol–water partition coefficient (Wildman–Crippen LogP) is 2.06. The Labute approximate surface area is 107 Å². The number of hydrogen-bond donors (Lipinski definition) is 0. The average molecular weight is 322 g/mol. The van der Waals surface area contributed by atoms with Crippen molar-refractivity contribution in [3.05, 3.63) is 33.5 Å². The number of carbonyl (C=O) groups is 1.